The maximum atomic E-state index is 12.8. The van der Waals surface area contributed by atoms with Crippen molar-refractivity contribution < 1.29 is 40.5 Å². The number of sulfone groups is 1. The van der Waals surface area contributed by atoms with Gasteiger partial charge in [-0.25, -0.2) is 21.6 Å². The Morgan fingerprint density at radius 1 is 1.13 bits per heavy atom. The fourth-order valence-corrected chi connectivity index (χ4v) is 7.54. The molecule has 11 nitrogen and oxygen atoms in total. The van der Waals surface area contributed by atoms with Crippen LogP contribution in [0.25, 0.3) is 0 Å². The highest BCUT2D eigenvalue weighted by molar-refractivity contribution is 7.92. The largest absolute Gasteiger partial charge is 0.460 e. The molecule has 3 N–H and O–H groups in total. The number of hydrogen-bond acceptors (Lipinski definition) is 10. The van der Waals surface area contributed by atoms with Gasteiger partial charge in [-0.2, -0.15) is 0 Å². The van der Waals surface area contributed by atoms with Crippen LogP contribution in [-0.4, -0.2) is 74.8 Å². The summed E-state index contributed by atoms with van der Waals surface area (Å²) < 4.78 is 68.9. The SMILES string of the molecule is CC(C)(C)OC(=O)C[C@@H](CO)NS(=O)(=O)c1cccc(CS(=O)CCCNC(=O)c2ccc(S(C)(=O)=O)s2)c1. The quantitative estimate of drug-likeness (QED) is 0.209. The zero-order valence-corrected chi connectivity index (χ0v) is 25.4. The summed E-state index contributed by atoms with van der Waals surface area (Å²) >= 11 is 0.876. The average molecular weight is 623 g/mol. The zero-order chi connectivity index (χ0) is 29.4. The van der Waals surface area contributed by atoms with Gasteiger partial charge >= 0.3 is 5.97 Å². The predicted octanol–water partition coefficient (Wildman–Crippen LogP) is 1.59. The number of esters is 1. The Balaban J connectivity index is 1.88. The number of carbonyl (C=O) groups excluding carboxylic acids is 2. The van der Waals surface area contributed by atoms with Crippen molar-refractivity contribution in [1.29, 1.82) is 0 Å². The summed E-state index contributed by atoms with van der Waals surface area (Å²) in [5.74, 6) is -0.740. The number of sulfonamides is 1. The number of aliphatic hydroxyl groups excluding tert-OH is 1. The van der Waals surface area contributed by atoms with Crippen molar-refractivity contribution in [3.8, 4) is 0 Å². The topological polar surface area (TPSA) is 173 Å². The first kappa shape index (κ1) is 33.0. The number of rotatable bonds is 14. The zero-order valence-electron chi connectivity index (χ0n) is 22.1. The van der Waals surface area contributed by atoms with Gasteiger partial charge in [-0.3, -0.25) is 13.8 Å². The average Bonchev–Trinajstić information content (AvgIpc) is 3.31. The van der Waals surface area contributed by atoms with E-state index in [9.17, 15) is 35.7 Å². The van der Waals surface area contributed by atoms with E-state index < -0.39 is 60.8 Å². The minimum absolute atomic E-state index is 0.0846. The molecular formula is C24H34N2O9S4. The Labute approximate surface area is 235 Å². The normalized spacial score (nSPS) is 14.0. The molecule has 0 radical (unpaired) electrons. The molecule has 1 aromatic heterocycles. The monoisotopic (exact) mass is 622 g/mol. The van der Waals surface area contributed by atoms with Gasteiger partial charge in [0, 0.05) is 35.1 Å². The maximum Gasteiger partial charge on any atom is 0.308 e. The molecule has 15 heteroatoms. The molecule has 0 aliphatic rings. The number of carbonyl (C=O) groups is 2. The lowest BCUT2D eigenvalue weighted by atomic mass is 10.2. The molecule has 0 bridgehead atoms. The number of aliphatic hydroxyl groups is 1. The molecular weight excluding hydrogens is 589 g/mol. The standard InChI is InChI=1S/C24H34N2O9S4/c1-24(2,3)35-21(28)14-18(15-27)26-39(33,34)19-8-5-7-17(13-19)16-37(30)12-6-11-25-23(29)20-9-10-22(36-20)38(4,31)32/h5,7-10,13,18,26-27H,6,11-12,14-16H2,1-4H3,(H,25,29)/t18-,37?/m0/s1. The first-order valence-corrected chi connectivity index (χ1v) is 17.5. The van der Waals surface area contributed by atoms with Crippen LogP contribution < -0.4 is 10.0 Å². The second kappa shape index (κ2) is 13.9. The molecule has 0 aliphatic heterocycles. The highest BCUT2D eigenvalue weighted by atomic mass is 32.2. The summed E-state index contributed by atoms with van der Waals surface area (Å²) in [6.07, 6.45) is 1.11. The third-order valence-corrected chi connectivity index (χ3v) is 10.7. The molecule has 1 unspecified atom stereocenters. The molecule has 2 aromatic rings. The van der Waals surface area contributed by atoms with Crippen LogP contribution in [-0.2, 0) is 45.9 Å². The molecule has 39 heavy (non-hydrogen) atoms. The third kappa shape index (κ3) is 11.5. The molecule has 0 saturated carbocycles. The predicted molar refractivity (Wildman–Crippen MR) is 149 cm³/mol. The van der Waals surface area contributed by atoms with Crippen LogP contribution in [0.15, 0.2) is 45.5 Å². The molecule has 0 aliphatic carbocycles. The summed E-state index contributed by atoms with van der Waals surface area (Å²) in [5, 5.41) is 12.2. The van der Waals surface area contributed by atoms with Crippen molar-refractivity contribution in [1.82, 2.24) is 10.0 Å². The molecule has 1 amide bonds. The van der Waals surface area contributed by atoms with E-state index in [1.54, 1.807) is 26.8 Å². The van der Waals surface area contributed by atoms with E-state index in [1.165, 1.54) is 30.3 Å². The van der Waals surface area contributed by atoms with Crippen molar-refractivity contribution in [3.05, 3.63) is 46.8 Å². The van der Waals surface area contributed by atoms with Crippen LogP contribution in [0, 0.1) is 0 Å². The summed E-state index contributed by atoms with van der Waals surface area (Å²) in [5.41, 5.74) is -0.237. The number of benzene rings is 1. The molecule has 0 saturated heterocycles. The fraction of sp³-hybridized carbons (Fsp3) is 0.500. The smallest absolute Gasteiger partial charge is 0.308 e. The van der Waals surface area contributed by atoms with E-state index in [0.29, 0.717) is 12.0 Å². The highest BCUT2D eigenvalue weighted by Gasteiger charge is 2.25. The molecule has 0 spiro atoms. The second-order valence-corrected chi connectivity index (χ2v) is 16.3. The minimum atomic E-state index is -4.08. The van der Waals surface area contributed by atoms with Crippen LogP contribution in [0.4, 0.5) is 0 Å². The van der Waals surface area contributed by atoms with E-state index >= 15 is 0 Å². The van der Waals surface area contributed by atoms with E-state index in [4.69, 9.17) is 4.74 Å². The van der Waals surface area contributed by atoms with Gasteiger partial charge in [0.05, 0.1) is 28.8 Å². The van der Waals surface area contributed by atoms with Gasteiger partial charge in [0.15, 0.2) is 9.84 Å². The lowest BCUT2D eigenvalue weighted by molar-refractivity contribution is -0.155. The molecule has 218 valence electrons. The molecule has 1 aromatic carbocycles. The first-order chi connectivity index (χ1) is 18.0. The maximum absolute atomic E-state index is 12.8. The third-order valence-electron chi connectivity index (χ3n) is 4.92. The van der Waals surface area contributed by atoms with Crippen molar-refractivity contribution in [3.63, 3.8) is 0 Å². The number of hydrogen-bond donors (Lipinski definition) is 3. The van der Waals surface area contributed by atoms with Gasteiger partial charge in [0.1, 0.15) is 9.81 Å². The number of nitrogens with one attached hydrogen (secondary N) is 2. The van der Waals surface area contributed by atoms with Crippen LogP contribution in [0.1, 0.15) is 48.8 Å². The lowest BCUT2D eigenvalue weighted by Crippen LogP contribution is -2.40. The number of ether oxygens (including phenoxy) is 1. The van der Waals surface area contributed by atoms with E-state index in [2.05, 4.69) is 10.0 Å². The van der Waals surface area contributed by atoms with Crippen LogP contribution in [0.5, 0.6) is 0 Å². The van der Waals surface area contributed by atoms with Gasteiger partial charge in [-0.1, -0.05) is 12.1 Å². The van der Waals surface area contributed by atoms with Crippen molar-refractivity contribution in [2.24, 2.45) is 0 Å². The fourth-order valence-electron chi connectivity index (χ4n) is 3.24. The Bertz CT molecular complexity index is 1390. The van der Waals surface area contributed by atoms with Gasteiger partial charge < -0.3 is 15.2 Å². The van der Waals surface area contributed by atoms with Crippen LogP contribution in [0.2, 0.25) is 0 Å². The minimum Gasteiger partial charge on any atom is -0.460 e. The number of thiophene rings is 1. The summed E-state index contributed by atoms with van der Waals surface area (Å²) in [7, 11) is -8.82. The Morgan fingerprint density at radius 3 is 2.41 bits per heavy atom. The lowest BCUT2D eigenvalue weighted by Gasteiger charge is -2.22. The Morgan fingerprint density at radius 2 is 1.82 bits per heavy atom. The van der Waals surface area contributed by atoms with Crippen LogP contribution >= 0.6 is 11.3 Å². The molecule has 1 heterocycles. The van der Waals surface area contributed by atoms with E-state index in [0.717, 1.165) is 17.6 Å². The van der Waals surface area contributed by atoms with Gasteiger partial charge in [0.25, 0.3) is 5.91 Å². The van der Waals surface area contributed by atoms with Crippen molar-refractivity contribution in [2.45, 2.75) is 60.1 Å². The van der Waals surface area contributed by atoms with Gasteiger partial charge in [-0.15, -0.1) is 11.3 Å². The highest BCUT2D eigenvalue weighted by Crippen LogP contribution is 2.21. The second-order valence-electron chi connectivity index (χ2n) is 9.73. The van der Waals surface area contributed by atoms with E-state index in [-0.39, 0.29) is 38.5 Å². The summed E-state index contributed by atoms with van der Waals surface area (Å²) in [6, 6.07) is 7.61. The van der Waals surface area contributed by atoms with Gasteiger partial charge in [0.2, 0.25) is 10.0 Å². The van der Waals surface area contributed by atoms with Crippen molar-refractivity contribution >= 4 is 53.9 Å². The summed E-state index contributed by atoms with van der Waals surface area (Å²) in [6.45, 7) is 4.66. The number of amides is 1. The van der Waals surface area contributed by atoms with Crippen molar-refractivity contribution in [2.75, 3.05) is 25.2 Å². The summed E-state index contributed by atoms with van der Waals surface area (Å²) in [4.78, 5) is 24.4. The molecule has 2 atom stereocenters. The van der Waals surface area contributed by atoms with Crippen LogP contribution in [0.3, 0.4) is 0 Å². The Hall–Kier alpha value is -2.17. The van der Waals surface area contributed by atoms with Gasteiger partial charge in [-0.05, 0) is 57.0 Å². The molecule has 2 rings (SSSR count). The Kier molecular flexibility index (Phi) is 11.8. The van der Waals surface area contributed by atoms with E-state index in [1.807, 2.05) is 0 Å². The first-order valence-electron chi connectivity index (χ1n) is 11.9. The molecule has 0 fully saturated rings.